The Labute approximate surface area is 192 Å². The average Bonchev–Trinajstić information content (AvgIpc) is 2.73. The van der Waals surface area contributed by atoms with Crippen molar-refractivity contribution < 1.29 is 14.4 Å². The Bertz CT molecular complexity index is 819. The molecule has 0 spiro atoms. The SMILES string of the molecule is CCN(CC)C(=O)c1cc(NC(=O)C(C)C)ccc1N1CCN(C(=O)NC(C)(C)C)CC1. The van der Waals surface area contributed by atoms with Crippen LogP contribution in [0.15, 0.2) is 18.2 Å². The summed E-state index contributed by atoms with van der Waals surface area (Å²) in [7, 11) is 0. The van der Waals surface area contributed by atoms with E-state index < -0.39 is 0 Å². The van der Waals surface area contributed by atoms with Gasteiger partial charge in [-0.2, -0.15) is 0 Å². The molecule has 0 aromatic heterocycles. The average molecular weight is 446 g/mol. The van der Waals surface area contributed by atoms with E-state index in [1.54, 1.807) is 11.0 Å². The summed E-state index contributed by atoms with van der Waals surface area (Å²) in [5.41, 5.74) is 1.74. The van der Waals surface area contributed by atoms with Crippen molar-refractivity contribution in [2.24, 2.45) is 5.92 Å². The highest BCUT2D eigenvalue weighted by molar-refractivity contribution is 6.02. The van der Waals surface area contributed by atoms with E-state index in [0.29, 0.717) is 50.5 Å². The monoisotopic (exact) mass is 445 g/mol. The van der Waals surface area contributed by atoms with Crippen LogP contribution in [0.25, 0.3) is 0 Å². The van der Waals surface area contributed by atoms with Crippen LogP contribution in [0, 0.1) is 5.92 Å². The maximum atomic E-state index is 13.3. The van der Waals surface area contributed by atoms with Crippen LogP contribution in [0.3, 0.4) is 0 Å². The smallest absolute Gasteiger partial charge is 0.317 e. The fourth-order valence-corrected chi connectivity index (χ4v) is 3.58. The van der Waals surface area contributed by atoms with Crippen LogP contribution >= 0.6 is 0 Å². The minimum Gasteiger partial charge on any atom is -0.367 e. The Balaban J connectivity index is 2.25. The zero-order valence-electron chi connectivity index (χ0n) is 20.6. The van der Waals surface area contributed by atoms with Gasteiger partial charge in [-0.15, -0.1) is 0 Å². The molecule has 2 rings (SSSR count). The van der Waals surface area contributed by atoms with Crippen LogP contribution in [0.4, 0.5) is 16.2 Å². The summed E-state index contributed by atoms with van der Waals surface area (Å²) >= 11 is 0. The van der Waals surface area contributed by atoms with E-state index in [-0.39, 0.29) is 29.3 Å². The number of nitrogens with zero attached hydrogens (tertiary/aromatic N) is 3. The summed E-state index contributed by atoms with van der Waals surface area (Å²) in [6.45, 7) is 17.1. The first-order chi connectivity index (χ1) is 15.0. The molecule has 178 valence electrons. The molecule has 0 atom stereocenters. The first-order valence-corrected chi connectivity index (χ1v) is 11.5. The number of anilines is 2. The van der Waals surface area contributed by atoms with Crippen LogP contribution in [-0.4, -0.2) is 72.5 Å². The third-order valence-corrected chi connectivity index (χ3v) is 5.46. The molecule has 1 aliphatic heterocycles. The highest BCUT2D eigenvalue weighted by Crippen LogP contribution is 2.27. The van der Waals surface area contributed by atoms with Gasteiger partial charge in [-0.3, -0.25) is 9.59 Å². The van der Waals surface area contributed by atoms with Crippen LogP contribution in [0.1, 0.15) is 58.8 Å². The molecule has 0 saturated carbocycles. The number of carbonyl (C=O) groups excluding carboxylic acids is 3. The zero-order valence-corrected chi connectivity index (χ0v) is 20.6. The lowest BCUT2D eigenvalue weighted by Crippen LogP contribution is -2.55. The molecule has 4 amide bonds. The van der Waals surface area contributed by atoms with Gasteiger partial charge in [0.15, 0.2) is 0 Å². The second kappa shape index (κ2) is 10.7. The number of nitrogens with one attached hydrogen (secondary N) is 2. The predicted molar refractivity (Wildman–Crippen MR) is 129 cm³/mol. The minimum absolute atomic E-state index is 0.0569. The zero-order chi connectivity index (χ0) is 24.1. The molecule has 1 saturated heterocycles. The van der Waals surface area contributed by atoms with E-state index in [1.165, 1.54) is 0 Å². The predicted octanol–water partition coefficient (Wildman–Crippen LogP) is 3.39. The van der Waals surface area contributed by atoms with Crippen LogP contribution in [0.2, 0.25) is 0 Å². The molecule has 0 radical (unpaired) electrons. The molecule has 1 fully saturated rings. The summed E-state index contributed by atoms with van der Waals surface area (Å²) in [5, 5.41) is 5.90. The van der Waals surface area contributed by atoms with Gasteiger partial charge in [0.05, 0.1) is 5.56 Å². The molecule has 1 aromatic carbocycles. The Morgan fingerprint density at radius 2 is 1.62 bits per heavy atom. The molecule has 1 aromatic rings. The fraction of sp³-hybridized carbons (Fsp3) is 0.625. The Morgan fingerprint density at radius 3 is 2.12 bits per heavy atom. The maximum Gasteiger partial charge on any atom is 0.317 e. The highest BCUT2D eigenvalue weighted by Gasteiger charge is 2.27. The highest BCUT2D eigenvalue weighted by atomic mass is 16.2. The van der Waals surface area contributed by atoms with Crippen molar-refractivity contribution in [1.29, 1.82) is 0 Å². The molecule has 8 heteroatoms. The lowest BCUT2D eigenvalue weighted by molar-refractivity contribution is -0.118. The Morgan fingerprint density at radius 1 is 1.03 bits per heavy atom. The molecule has 0 aliphatic carbocycles. The van der Waals surface area contributed by atoms with Gasteiger partial charge in [-0.25, -0.2) is 4.79 Å². The van der Waals surface area contributed by atoms with E-state index in [1.807, 2.05) is 65.5 Å². The van der Waals surface area contributed by atoms with Crippen LogP contribution in [-0.2, 0) is 4.79 Å². The van der Waals surface area contributed by atoms with E-state index in [0.717, 1.165) is 5.69 Å². The number of hydrogen-bond acceptors (Lipinski definition) is 4. The van der Waals surface area contributed by atoms with Crippen molar-refractivity contribution in [1.82, 2.24) is 15.1 Å². The summed E-state index contributed by atoms with van der Waals surface area (Å²) in [6.07, 6.45) is 0. The quantitative estimate of drug-likeness (QED) is 0.703. The molecule has 0 unspecified atom stereocenters. The third-order valence-electron chi connectivity index (χ3n) is 5.46. The van der Waals surface area contributed by atoms with Crippen molar-refractivity contribution in [3.05, 3.63) is 23.8 Å². The molecule has 8 nitrogen and oxygen atoms in total. The molecule has 0 bridgehead atoms. The first-order valence-electron chi connectivity index (χ1n) is 11.5. The standard InChI is InChI=1S/C24H39N5O3/c1-8-27(9-2)22(31)19-16-18(25-21(30)17(3)4)10-11-20(19)28-12-14-29(15-13-28)23(32)26-24(5,6)7/h10-11,16-17H,8-9,12-15H2,1-7H3,(H,25,30)(H,26,32). The van der Waals surface area contributed by atoms with Gasteiger partial charge in [0, 0.05) is 62.1 Å². The van der Waals surface area contributed by atoms with Crippen molar-refractivity contribution in [2.45, 2.75) is 54.0 Å². The number of carbonyl (C=O) groups is 3. The molecule has 1 aliphatic rings. The summed E-state index contributed by atoms with van der Waals surface area (Å²) < 4.78 is 0. The fourth-order valence-electron chi connectivity index (χ4n) is 3.58. The number of urea groups is 1. The van der Waals surface area contributed by atoms with Crippen LogP contribution < -0.4 is 15.5 Å². The summed E-state index contributed by atoms with van der Waals surface area (Å²) in [4.78, 5) is 43.7. The molecule has 2 N–H and O–H groups in total. The number of amides is 4. The second-order valence-corrected chi connectivity index (χ2v) is 9.51. The van der Waals surface area contributed by atoms with Gasteiger partial charge in [0.25, 0.3) is 5.91 Å². The lowest BCUT2D eigenvalue weighted by Gasteiger charge is -2.38. The van der Waals surface area contributed by atoms with Gasteiger partial charge in [-0.1, -0.05) is 13.8 Å². The largest absolute Gasteiger partial charge is 0.367 e. The van der Waals surface area contributed by atoms with Crippen LogP contribution in [0.5, 0.6) is 0 Å². The normalized spacial score (nSPS) is 14.4. The number of benzene rings is 1. The number of rotatable bonds is 6. The van der Waals surface area contributed by atoms with Crippen molar-refractivity contribution in [3.8, 4) is 0 Å². The van der Waals surface area contributed by atoms with Gasteiger partial charge in [0.1, 0.15) is 0 Å². The first kappa shape index (κ1) is 25.5. The van der Waals surface area contributed by atoms with Gasteiger partial charge in [-0.05, 0) is 52.8 Å². The summed E-state index contributed by atoms with van der Waals surface area (Å²) in [5.74, 6) is -0.292. The Kier molecular flexibility index (Phi) is 8.52. The van der Waals surface area contributed by atoms with E-state index in [4.69, 9.17) is 0 Å². The van der Waals surface area contributed by atoms with Gasteiger partial charge >= 0.3 is 6.03 Å². The van der Waals surface area contributed by atoms with E-state index in [2.05, 4.69) is 15.5 Å². The summed E-state index contributed by atoms with van der Waals surface area (Å²) in [6, 6.07) is 5.45. The van der Waals surface area contributed by atoms with Gasteiger partial charge < -0.3 is 25.3 Å². The second-order valence-electron chi connectivity index (χ2n) is 9.51. The topological polar surface area (TPSA) is 85.0 Å². The number of hydrogen-bond donors (Lipinski definition) is 2. The lowest BCUT2D eigenvalue weighted by atomic mass is 10.1. The van der Waals surface area contributed by atoms with Crippen molar-refractivity contribution in [3.63, 3.8) is 0 Å². The molecular weight excluding hydrogens is 406 g/mol. The molecule has 32 heavy (non-hydrogen) atoms. The maximum absolute atomic E-state index is 13.3. The van der Waals surface area contributed by atoms with E-state index >= 15 is 0 Å². The van der Waals surface area contributed by atoms with Gasteiger partial charge in [0.2, 0.25) is 5.91 Å². The molecule has 1 heterocycles. The van der Waals surface area contributed by atoms with Crippen molar-refractivity contribution in [2.75, 3.05) is 49.5 Å². The molecular formula is C24H39N5O3. The van der Waals surface area contributed by atoms with E-state index in [9.17, 15) is 14.4 Å². The Hall–Kier alpha value is -2.77. The number of piperazine rings is 1. The van der Waals surface area contributed by atoms with Crippen molar-refractivity contribution >= 4 is 29.2 Å². The minimum atomic E-state index is -0.284. The third kappa shape index (κ3) is 6.61.